The van der Waals surface area contributed by atoms with Gasteiger partial charge < -0.3 is 25.0 Å². The van der Waals surface area contributed by atoms with Gasteiger partial charge in [0.1, 0.15) is 5.75 Å². The van der Waals surface area contributed by atoms with Crippen molar-refractivity contribution in [3.8, 4) is 5.75 Å². The maximum Gasteiger partial charge on any atom is 0.409 e. The highest BCUT2D eigenvalue weighted by atomic mass is 127. The topological polar surface area (TPSA) is 75.2 Å². The zero-order valence-corrected chi connectivity index (χ0v) is 20.8. The number of hydrogen-bond acceptors (Lipinski definition) is 4. The molecule has 7 nitrogen and oxygen atoms in total. The lowest BCUT2D eigenvalue weighted by Gasteiger charge is -2.32. The van der Waals surface area contributed by atoms with E-state index in [2.05, 4.69) is 41.8 Å². The number of nitrogens with one attached hydrogen (secondary N) is 2. The van der Waals surface area contributed by atoms with E-state index in [4.69, 9.17) is 14.5 Å². The highest BCUT2D eigenvalue weighted by Crippen LogP contribution is 2.22. The van der Waals surface area contributed by atoms with Crippen molar-refractivity contribution in [3.63, 3.8) is 0 Å². The predicted octanol–water partition coefficient (Wildman–Crippen LogP) is 4.14. The van der Waals surface area contributed by atoms with Crippen LogP contribution in [0.5, 0.6) is 5.75 Å². The van der Waals surface area contributed by atoms with Gasteiger partial charge in [-0.3, -0.25) is 0 Å². The minimum absolute atomic E-state index is 0. The van der Waals surface area contributed by atoms with Crippen LogP contribution in [0.2, 0.25) is 0 Å². The van der Waals surface area contributed by atoms with Crippen molar-refractivity contribution in [1.82, 2.24) is 15.5 Å². The van der Waals surface area contributed by atoms with Gasteiger partial charge in [0, 0.05) is 25.7 Å². The number of hydrogen-bond donors (Lipinski definition) is 2. The largest absolute Gasteiger partial charge is 0.497 e. The van der Waals surface area contributed by atoms with E-state index in [1.165, 1.54) is 5.39 Å². The molecule has 1 saturated heterocycles. The Labute approximate surface area is 201 Å². The molecule has 31 heavy (non-hydrogen) atoms. The van der Waals surface area contributed by atoms with Gasteiger partial charge in [0.15, 0.2) is 5.96 Å². The molecule has 3 rings (SSSR count). The summed E-state index contributed by atoms with van der Waals surface area (Å²) in [5, 5.41) is 9.17. The molecule has 0 saturated carbocycles. The maximum absolute atomic E-state index is 11.9. The summed E-state index contributed by atoms with van der Waals surface area (Å²) in [6, 6.07) is 12.8. The second kappa shape index (κ2) is 12.6. The van der Waals surface area contributed by atoms with E-state index in [0.717, 1.165) is 42.0 Å². The molecule has 1 amide bonds. The Balaban J connectivity index is 0.00000341. The molecule has 2 N–H and O–H groups in total. The average Bonchev–Trinajstić information content (AvgIpc) is 2.77. The van der Waals surface area contributed by atoms with Crippen molar-refractivity contribution < 1.29 is 14.3 Å². The summed E-state index contributed by atoms with van der Waals surface area (Å²) in [5.74, 6) is 1.67. The number of piperidine rings is 1. The molecule has 0 aliphatic carbocycles. The molecular formula is C23H33IN4O3. The number of likely N-dealkylation sites (tertiary alicyclic amines) is 1. The van der Waals surface area contributed by atoms with Crippen LogP contribution in [0.1, 0.15) is 32.3 Å². The Morgan fingerprint density at radius 2 is 1.84 bits per heavy atom. The number of guanidine groups is 1. The van der Waals surface area contributed by atoms with Gasteiger partial charge in [0.25, 0.3) is 0 Å². The summed E-state index contributed by atoms with van der Waals surface area (Å²) >= 11 is 0. The first-order chi connectivity index (χ1) is 14.6. The van der Waals surface area contributed by atoms with Crippen molar-refractivity contribution in [1.29, 1.82) is 0 Å². The third-order valence-electron chi connectivity index (χ3n) is 5.24. The van der Waals surface area contributed by atoms with Crippen molar-refractivity contribution in [2.75, 3.05) is 33.4 Å². The number of aliphatic imine (C=N–C) groups is 1. The number of carbonyl (C=O) groups is 1. The van der Waals surface area contributed by atoms with Gasteiger partial charge in [-0.1, -0.05) is 18.2 Å². The number of halogens is 1. The quantitative estimate of drug-likeness (QED) is 0.328. The fraction of sp³-hybridized carbons (Fsp3) is 0.478. The summed E-state index contributed by atoms with van der Waals surface area (Å²) in [6.07, 6.45) is 1.53. The van der Waals surface area contributed by atoms with Crippen LogP contribution in [0.3, 0.4) is 0 Å². The first kappa shape index (κ1) is 25.0. The molecule has 1 heterocycles. The number of nitrogens with zero attached hydrogens (tertiary/aromatic N) is 2. The van der Waals surface area contributed by atoms with Crippen LogP contribution >= 0.6 is 24.0 Å². The minimum Gasteiger partial charge on any atom is -0.497 e. The van der Waals surface area contributed by atoms with Gasteiger partial charge in [-0.15, -0.1) is 24.0 Å². The molecule has 0 spiro atoms. The van der Waals surface area contributed by atoms with Crippen LogP contribution in [0.25, 0.3) is 10.8 Å². The normalized spacial score (nSPS) is 14.7. The minimum atomic E-state index is -0.217. The Morgan fingerprint density at radius 1 is 1.13 bits per heavy atom. The molecule has 0 aromatic heterocycles. The van der Waals surface area contributed by atoms with Gasteiger partial charge in [-0.2, -0.15) is 0 Å². The van der Waals surface area contributed by atoms with Gasteiger partial charge in [-0.25, -0.2) is 9.79 Å². The second-order valence-electron chi connectivity index (χ2n) is 7.35. The number of amides is 1. The summed E-state index contributed by atoms with van der Waals surface area (Å²) in [6.45, 7) is 7.09. The lowest BCUT2D eigenvalue weighted by molar-refractivity contribution is 0.0963. The fourth-order valence-corrected chi connectivity index (χ4v) is 3.60. The smallest absolute Gasteiger partial charge is 0.409 e. The molecule has 0 radical (unpaired) electrons. The first-order valence-electron chi connectivity index (χ1n) is 10.7. The van der Waals surface area contributed by atoms with E-state index < -0.39 is 0 Å². The summed E-state index contributed by atoms with van der Waals surface area (Å²) in [4.78, 5) is 18.4. The summed E-state index contributed by atoms with van der Waals surface area (Å²) in [5.41, 5.74) is 1.15. The standard InChI is InChI=1S/C23H32N4O3.HI/c1-4-24-22(26-20-10-12-27(13-11-20)23(28)30-5-2)25-16-17-6-7-19-15-21(29-3)9-8-18(19)14-17;/h6-9,14-15,20H,4-5,10-13,16H2,1-3H3,(H2,24,25,26);1H. The SMILES string of the molecule is CCNC(=NCc1ccc2cc(OC)ccc2c1)NC1CCN(C(=O)OCC)CC1.I. The molecule has 170 valence electrons. The van der Waals surface area contributed by atoms with E-state index in [-0.39, 0.29) is 36.1 Å². The number of carbonyl (C=O) groups excluding carboxylic acids is 1. The molecule has 0 bridgehead atoms. The van der Waals surface area contributed by atoms with Gasteiger partial charge in [-0.05, 0) is 61.2 Å². The third-order valence-corrected chi connectivity index (χ3v) is 5.24. The molecule has 0 unspecified atom stereocenters. The van der Waals surface area contributed by atoms with E-state index in [0.29, 0.717) is 26.2 Å². The van der Waals surface area contributed by atoms with Crippen LogP contribution in [0.15, 0.2) is 41.4 Å². The Hall–Kier alpha value is -2.23. The average molecular weight is 540 g/mol. The molecular weight excluding hydrogens is 507 g/mol. The predicted molar refractivity (Wildman–Crippen MR) is 135 cm³/mol. The monoisotopic (exact) mass is 540 g/mol. The van der Waals surface area contributed by atoms with E-state index in [1.807, 2.05) is 19.1 Å². The third kappa shape index (κ3) is 7.15. The molecule has 2 aromatic carbocycles. The highest BCUT2D eigenvalue weighted by molar-refractivity contribution is 14.0. The van der Waals surface area contributed by atoms with Crippen LogP contribution < -0.4 is 15.4 Å². The summed E-state index contributed by atoms with van der Waals surface area (Å²) in [7, 11) is 1.68. The van der Waals surface area contributed by atoms with E-state index in [9.17, 15) is 4.79 Å². The van der Waals surface area contributed by atoms with Crippen LogP contribution in [0.4, 0.5) is 4.79 Å². The molecule has 1 fully saturated rings. The van der Waals surface area contributed by atoms with Crippen LogP contribution in [0, 0.1) is 0 Å². The Kier molecular flexibility index (Phi) is 10.2. The number of benzene rings is 2. The highest BCUT2D eigenvalue weighted by Gasteiger charge is 2.24. The molecule has 1 aliphatic rings. The zero-order valence-electron chi connectivity index (χ0n) is 18.5. The molecule has 0 atom stereocenters. The van der Waals surface area contributed by atoms with Crippen LogP contribution in [-0.2, 0) is 11.3 Å². The zero-order chi connectivity index (χ0) is 21.3. The first-order valence-corrected chi connectivity index (χ1v) is 10.7. The van der Waals surface area contributed by atoms with Crippen molar-refractivity contribution in [2.45, 2.75) is 39.3 Å². The second-order valence-corrected chi connectivity index (χ2v) is 7.35. The lowest BCUT2D eigenvalue weighted by Crippen LogP contribution is -2.49. The Bertz CT molecular complexity index is 882. The lowest BCUT2D eigenvalue weighted by atomic mass is 10.1. The number of rotatable bonds is 6. The van der Waals surface area contributed by atoms with E-state index in [1.54, 1.807) is 12.0 Å². The molecule has 8 heteroatoms. The van der Waals surface area contributed by atoms with Crippen LogP contribution in [-0.4, -0.2) is 56.3 Å². The number of methoxy groups -OCH3 is 1. The van der Waals surface area contributed by atoms with Crippen molar-refractivity contribution in [2.24, 2.45) is 4.99 Å². The fourth-order valence-electron chi connectivity index (χ4n) is 3.60. The number of fused-ring (bicyclic) bond motifs is 1. The maximum atomic E-state index is 11.9. The molecule has 2 aromatic rings. The van der Waals surface area contributed by atoms with Crippen molar-refractivity contribution >= 4 is 46.8 Å². The van der Waals surface area contributed by atoms with E-state index >= 15 is 0 Å². The van der Waals surface area contributed by atoms with Crippen molar-refractivity contribution in [3.05, 3.63) is 42.0 Å². The molecule has 1 aliphatic heterocycles. The number of ether oxygens (including phenoxy) is 2. The van der Waals surface area contributed by atoms with Gasteiger partial charge in [0.05, 0.1) is 20.3 Å². The van der Waals surface area contributed by atoms with Gasteiger partial charge >= 0.3 is 6.09 Å². The Morgan fingerprint density at radius 3 is 2.52 bits per heavy atom. The summed E-state index contributed by atoms with van der Waals surface area (Å²) < 4.78 is 10.4. The van der Waals surface area contributed by atoms with Gasteiger partial charge in [0.2, 0.25) is 0 Å².